The number of nitrogens with one attached hydrogen (secondary N) is 2. The van der Waals surface area contributed by atoms with E-state index in [1.807, 2.05) is 24.3 Å². The molecule has 0 saturated heterocycles. The lowest BCUT2D eigenvalue weighted by molar-refractivity contribution is -0.143. The van der Waals surface area contributed by atoms with Gasteiger partial charge in [0.1, 0.15) is 5.84 Å². The van der Waals surface area contributed by atoms with E-state index in [-0.39, 0.29) is 11.9 Å². The lowest BCUT2D eigenvalue weighted by Crippen LogP contribution is -2.27. The summed E-state index contributed by atoms with van der Waals surface area (Å²) in [5.74, 6) is -0.127. The zero-order chi connectivity index (χ0) is 22.6. The van der Waals surface area contributed by atoms with E-state index >= 15 is 0 Å². The van der Waals surface area contributed by atoms with Gasteiger partial charge in [-0.2, -0.15) is 0 Å². The molecule has 2 aromatic rings. The number of rotatable bonds is 9. The highest BCUT2D eigenvalue weighted by atomic mass is 35.5. The third-order valence-corrected chi connectivity index (χ3v) is 4.35. The van der Waals surface area contributed by atoms with Gasteiger partial charge in [0.05, 0.1) is 18.7 Å². The van der Waals surface area contributed by atoms with Crippen LogP contribution in [0.5, 0.6) is 0 Å². The lowest BCUT2D eigenvalue weighted by atomic mass is 10.1. The van der Waals surface area contributed by atoms with Gasteiger partial charge in [0.2, 0.25) is 5.91 Å². The van der Waals surface area contributed by atoms with Crippen molar-refractivity contribution in [2.75, 3.05) is 13.2 Å². The van der Waals surface area contributed by atoms with Crippen molar-refractivity contribution in [2.24, 2.45) is 10.7 Å². The Hall–Kier alpha value is -3.16. The molecule has 0 spiro atoms. The van der Waals surface area contributed by atoms with Crippen LogP contribution in [0.15, 0.2) is 59.6 Å². The fourth-order valence-electron chi connectivity index (χ4n) is 2.63. The van der Waals surface area contributed by atoms with E-state index in [2.05, 4.69) is 15.6 Å². The van der Waals surface area contributed by atoms with Crippen LogP contribution >= 0.6 is 11.6 Å². The summed E-state index contributed by atoms with van der Waals surface area (Å²) >= 11 is 5.91. The van der Waals surface area contributed by atoms with Gasteiger partial charge in [0, 0.05) is 36.8 Å². The molecule has 0 aliphatic heterocycles. The second-order valence-corrected chi connectivity index (χ2v) is 7.12. The molecule has 0 saturated carbocycles. The van der Waals surface area contributed by atoms with Gasteiger partial charge in [0.25, 0.3) is 0 Å². The van der Waals surface area contributed by atoms with Crippen LogP contribution in [0.1, 0.15) is 31.4 Å². The number of carbonyl (C=O) groups excluding carboxylic acids is 2. The van der Waals surface area contributed by atoms with Crippen LogP contribution in [0.3, 0.4) is 0 Å². The fraction of sp³-hybridized carbons (Fsp3) is 0.261. The van der Waals surface area contributed by atoms with Crippen LogP contribution in [0.25, 0.3) is 5.70 Å². The predicted molar refractivity (Wildman–Crippen MR) is 124 cm³/mol. The van der Waals surface area contributed by atoms with Crippen LogP contribution < -0.4 is 16.4 Å². The van der Waals surface area contributed by atoms with E-state index in [1.165, 1.54) is 6.92 Å². The molecule has 0 bridgehead atoms. The molecular weight excluding hydrogens is 416 g/mol. The Morgan fingerprint density at radius 1 is 1.13 bits per heavy atom. The molecular formula is C23H27ClN4O3. The van der Waals surface area contributed by atoms with Gasteiger partial charge < -0.3 is 21.1 Å². The Balaban J connectivity index is 2.04. The number of carbonyl (C=O) groups is 2. The third-order valence-electron chi connectivity index (χ3n) is 4.10. The highest BCUT2D eigenvalue weighted by Gasteiger charge is 2.04. The zero-order valence-electron chi connectivity index (χ0n) is 17.7. The van der Waals surface area contributed by atoms with Gasteiger partial charge in [-0.3, -0.25) is 9.59 Å². The number of amidine groups is 1. The smallest absolute Gasteiger partial charge is 0.307 e. The molecule has 0 heterocycles. The monoisotopic (exact) mass is 442 g/mol. The number of halogens is 1. The number of amides is 1. The van der Waals surface area contributed by atoms with E-state index < -0.39 is 0 Å². The van der Waals surface area contributed by atoms with E-state index in [1.54, 1.807) is 37.3 Å². The van der Waals surface area contributed by atoms with E-state index in [0.717, 1.165) is 11.1 Å². The predicted octanol–water partition coefficient (Wildman–Crippen LogP) is 3.55. The minimum Gasteiger partial charge on any atom is -0.466 e. The van der Waals surface area contributed by atoms with Crippen LogP contribution in [0.2, 0.25) is 5.02 Å². The van der Waals surface area contributed by atoms with E-state index in [0.29, 0.717) is 48.4 Å². The van der Waals surface area contributed by atoms with Gasteiger partial charge in [-0.05, 0) is 42.3 Å². The van der Waals surface area contributed by atoms with Crippen molar-refractivity contribution in [3.8, 4) is 0 Å². The summed E-state index contributed by atoms with van der Waals surface area (Å²) in [4.78, 5) is 27.4. The molecule has 164 valence electrons. The molecule has 0 fully saturated rings. The van der Waals surface area contributed by atoms with Crippen molar-refractivity contribution in [3.63, 3.8) is 0 Å². The maximum atomic E-state index is 11.6. The number of nitrogens with two attached hydrogens (primary N) is 1. The van der Waals surface area contributed by atoms with E-state index in [4.69, 9.17) is 22.1 Å². The molecule has 0 radical (unpaired) electrons. The number of nitrogens with zero attached hydrogens (tertiary/aromatic N) is 1. The second kappa shape index (κ2) is 12.5. The summed E-state index contributed by atoms with van der Waals surface area (Å²) < 4.78 is 4.89. The maximum Gasteiger partial charge on any atom is 0.307 e. The SMILES string of the molecule is CCOC(=O)CCNCc1ccc(N=C(/C=C(\N)c2ccc(Cl)cc2)NC(C)=O)cc1. The van der Waals surface area contributed by atoms with Crippen molar-refractivity contribution in [1.29, 1.82) is 0 Å². The van der Waals surface area contributed by atoms with Gasteiger partial charge in [-0.1, -0.05) is 35.9 Å². The summed E-state index contributed by atoms with van der Waals surface area (Å²) in [5, 5.41) is 6.50. The average molecular weight is 443 g/mol. The number of ether oxygens (including phenoxy) is 1. The summed E-state index contributed by atoms with van der Waals surface area (Å²) in [7, 11) is 0. The maximum absolute atomic E-state index is 11.6. The Labute approximate surface area is 187 Å². The molecule has 0 aliphatic carbocycles. The highest BCUT2D eigenvalue weighted by molar-refractivity contribution is 6.30. The topological polar surface area (TPSA) is 106 Å². The first-order chi connectivity index (χ1) is 14.9. The summed E-state index contributed by atoms with van der Waals surface area (Å²) in [5.41, 5.74) is 9.08. The molecule has 2 rings (SSSR count). The van der Waals surface area contributed by atoms with Crippen molar-refractivity contribution >= 4 is 40.7 Å². The third kappa shape index (κ3) is 9.02. The van der Waals surface area contributed by atoms with Gasteiger partial charge in [0.15, 0.2) is 0 Å². The molecule has 0 aliphatic rings. The highest BCUT2D eigenvalue weighted by Crippen LogP contribution is 2.16. The first kappa shape index (κ1) is 24.1. The van der Waals surface area contributed by atoms with E-state index in [9.17, 15) is 9.59 Å². The zero-order valence-corrected chi connectivity index (χ0v) is 18.4. The molecule has 0 aromatic heterocycles. The largest absolute Gasteiger partial charge is 0.466 e. The summed E-state index contributed by atoms with van der Waals surface area (Å²) in [6, 6.07) is 14.6. The lowest BCUT2D eigenvalue weighted by Gasteiger charge is -2.07. The molecule has 4 N–H and O–H groups in total. The molecule has 1 amide bonds. The van der Waals surface area contributed by atoms with Crippen molar-refractivity contribution in [2.45, 2.75) is 26.8 Å². The Morgan fingerprint density at radius 2 is 1.81 bits per heavy atom. The molecule has 2 aromatic carbocycles. The molecule has 7 nitrogen and oxygen atoms in total. The number of aliphatic imine (C=N–C) groups is 1. The molecule has 8 heteroatoms. The van der Waals surface area contributed by atoms with Crippen LogP contribution in [0, 0.1) is 0 Å². The number of hydrogen-bond donors (Lipinski definition) is 3. The van der Waals surface area contributed by atoms with Crippen molar-refractivity contribution in [3.05, 3.63) is 70.8 Å². The van der Waals surface area contributed by atoms with Crippen LogP contribution in [0.4, 0.5) is 5.69 Å². The average Bonchev–Trinajstić information content (AvgIpc) is 2.72. The molecule has 0 atom stereocenters. The van der Waals surface area contributed by atoms with Gasteiger partial charge >= 0.3 is 5.97 Å². The van der Waals surface area contributed by atoms with Crippen LogP contribution in [-0.4, -0.2) is 30.9 Å². The number of hydrogen-bond acceptors (Lipinski definition) is 6. The molecule has 0 unspecified atom stereocenters. The van der Waals surface area contributed by atoms with Crippen LogP contribution in [-0.2, 0) is 20.9 Å². The standard InChI is InChI=1S/C23H27ClN4O3/c1-3-31-23(30)12-13-26-15-17-4-10-20(11-5-17)28-22(27-16(2)29)14-21(25)18-6-8-19(24)9-7-18/h4-11,14,26H,3,12-13,15,25H2,1-2H3,(H,27,28,29)/b21-14-. The van der Waals surface area contributed by atoms with Gasteiger partial charge in [-0.25, -0.2) is 4.99 Å². The first-order valence-electron chi connectivity index (χ1n) is 9.92. The normalized spacial score (nSPS) is 11.8. The fourth-order valence-corrected chi connectivity index (χ4v) is 2.76. The molecule has 31 heavy (non-hydrogen) atoms. The minimum absolute atomic E-state index is 0.212. The van der Waals surface area contributed by atoms with Crippen molar-refractivity contribution < 1.29 is 14.3 Å². The Kier molecular flexibility index (Phi) is 9.74. The van der Waals surface area contributed by atoms with Crippen molar-refractivity contribution in [1.82, 2.24) is 10.6 Å². The second-order valence-electron chi connectivity index (χ2n) is 6.68. The van der Waals surface area contributed by atoms with Gasteiger partial charge in [-0.15, -0.1) is 0 Å². The Morgan fingerprint density at radius 3 is 2.42 bits per heavy atom. The number of esters is 1. The first-order valence-corrected chi connectivity index (χ1v) is 10.3. The minimum atomic E-state index is -0.249. The Bertz CT molecular complexity index is 938. The summed E-state index contributed by atoms with van der Waals surface area (Å²) in [6.45, 7) is 4.74. The summed E-state index contributed by atoms with van der Waals surface area (Å²) in [6.07, 6.45) is 1.94. The number of benzene rings is 2. The quantitative estimate of drug-likeness (QED) is 0.238.